The van der Waals surface area contributed by atoms with Crippen molar-refractivity contribution in [3.05, 3.63) is 52.8 Å². The Kier molecular flexibility index (Phi) is 5.02. The number of carbonyl (C=O) groups is 1. The highest BCUT2D eigenvalue weighted by atomic mass is 16.2. The second-order valence-corrected chi connectivity index (χ2v) is 7.19. The summed E-state index contributed by atoms with van der Waals surface area (Å²) in [4.78, 5) is 26.8. The minimum Gasteiger partial charge on any atom is -0.338 e. The molecule has 1 aromatic carbocycles. The molecule has 0 spiro atoms. The van der Waals surface area contributed by atoms with E-state index < -0.39 is 0 Å². The first-order valence-electron chi connectivity index (χ1n) is 8.88. The van der Waals surface area contributed by atoms with Gasteiger partial charge in [-0.05, 0) is 38.2 Å². The molecule has 25 heavy (non-hydrogen) atoms. The molecular formula is C20H25N3O2. The van der Waals surface area contributed by atoms with Crippen molar-refractivity contribution >= 4 is 5.91 Å². The average molecular weight is 339 g/mol. The molecule has 1 amide bonds. The summed E-state index contributed by atoms with van der Waals surface area (Å²) in [5, 5.41) is 4.39. The van der Waals surface area contributed by atoms with E-state index in [0.717, 1.165) is 12.1 Å². The Balaban J connectivity index is 1.79. The third kappa shape index (κ3) is 4.16. The zero-order chi connectivity index (χ0) is 18.0. The lowest BCUT2D eigenvalue weighted by atomic mass is 10.1. The monoisotopic (exact) mass is 339 g/mol. The van der Waals surface area contributed by atoms with Crippen molar-refractivity contribution in [1.82, 2.24) is 14.7 Å². The van der Waals surface area contributed by atoms with Crippen molar-refractivity contribution in [2.24, 2.45) is 11.8 Å². The van der Waals surface area contributed by atoms with Crippen LogP contribution in [0, 0.1) is 11.8 Å². The van der Waals surface area contributed by atoms with Crippen LogP contribution in [0.5, 0.6) is 0 Å². The van der Waals surface area contributed by atoms with Crippen molar-refractivity contribution in [2.45, 2.75) is 39.8 Å². The predicted octanol–water partition coefficient (Wildman–Crippen LogP) is 2.80. The Hall–Kier alpha value is -2.43. The molecule has 2 aromatic rings. The lowest BCUT2D eigenvalue weighted by molar-refractivity contribution is -0.134. The van der Waals surface area contributed by atoms with Gasteiger partial charge in [0.15, 0.2) is 0 Å². The maximum atomic E-state index is 12.8. The molecule has 0 radical (unpaired) electrons. The van der Waals surface area contributed by atoms with Crippen LogP contribution in [-0.2, 0) is 11.3 Å². The molecule has 3 rings (SSSR count). The summed E-state index contributed by atoms with van der Waals surface area (Å²) < 4.78 is 1.27. The molecule has 5 nitrogen and oxygen atoms in total. The van der Waals surface area contributed by atoms with Crippen molar-refractivity contribution in [2.75, 3.05) is 6.54 Å². The van der Waals surface area contributed by atoms with Gasteiger partial charge in [0.1, 0.15) is 6.54 Å². The van der Waals surface area contributed by atoms with Crippen LogP contribution in [0.2, 0.25) is 0 Å². The highest BCUT2D eigenvalue weighted by Gasteiger charge is 2.35. The van der Waals surface area contributed by atoms with Crippen molar-refractivity contribution in [1.29, 1.82) is 0 Å². The summed E-state index contributed by atoms with van der Waals surface area (Å²) in [5.74, 6) is 1.23. The number of rotatable bonds is 6. The molecule has 1 aromatic heterocycles. The fraction of sp³-hybridized carbons (Fsp3) is 0.450. The van der Waals surface area contributed by atoms with Gasteiger partial charge in [0.05, 0.1) is 5.69 Å². The normalized spacial score (nSPS) is 19.0. The van der Waals surface area contributed by atoms with Crippen LogP contribution < -0.4 is 5.56 Å². The Bertz CT molecular complexity index is 798. The lowest BCUT2D eigenvalue weighted by Crippen LogP contribution is -2.42. The molecule has 1 aliphatic rings. The minimum atomic E-state index is -0.253. The fourth-order valence-electron chi connectivity index (χ4n) is 3.05. The Labute approximate surface area is 148 Å². The van der Waals surface area contributed by atoms with Gasteiger partial charge >= 0.3 is 0 Å². The van der Waals surface area contributed by atoms with Crippen LogP contribution in [0.3, 0.4) is 0 Å². The van der Waals surface area contributed by atoms with E-state index in [-0.39, 0.29) is 24.1 Å². The highest BCUT2D eigenvalue weighted by Crippen LogP contribution is 2.38. The van der Waals surface area contributed by atoms with Crippen LogP contribution in [0.25, 0.3) is 11.3 Å². The molecule has 1 heterocycles. The quantitative estimate of drug-likeness (QED) is 0.813. The SMILES string of the molecule is CC(C)N(C[C@@H]1C[C@@H]1C)C(=O)Cn1nc(-c2ccccc2)ccc1=O. The van der Waals surface area contributed by atoms with E-state index in [0.29, 0.717) is 17.5 Å². The molecule has 0 saturated heterocycles. The third-order valence-electron chi connectivity index (χ3n) is 4.87. The molecule has 2 atom stereocenters. The maximum absolute atomic E-state index is 12.8. The minimum absolute atomic E-state index is 0.0151. The van der Waals surface area contributed by atoms with Crippen LogP contribution in [-0.4, -0.2) is 33.2 Å². The van der Waals surface area contributed by atoms with E-state index in [9.17, 15) is 9.59 Å². The summed E-state index contributed by atoms with van der Waals surface area (Å²) in [7, 11) is 0. The second-order valence-electron chi connectivity index (χ2n) is 7.19. The smallest absolute Gasteiger partial charge is 0.267 e. The fourth-order valence-corrected chi connectivity index (χ4v) is 3.05. The van der Waals surface area contributed by atoms with Gasteiger partial charge in [0, 0.05) is 24.2 Å². The number of hydrogen-bond donors (Lipinski definition) is 0. The van der Waals surface area contributed by atoms with Gasteiger partial charge in [-0.25, -0.2) is 4.68 Å². The van der Waals surface area contributed by atoms with Crippen molar-refractivity contribution in [3.63, 3.8) is 0 Å². The first kappa shape index (κ1) is 17.4. The van der Waals surface area contributed by atoms with E-state index in [4.69, 9.17) is 0 Å². The van der Waals surface area contributed by atoms with Gasteiger partial charge in [-0.2, -0.15) is 5.10 Å². The average Bonchev–Trinajstić information content (AvgIpc) is 3.30. The standard InChI is InChI=1S/C20H25N3O2/c1-14(2)22(12-17-11-15(17)3)20(25)13-23-19(24)10-9-18(21-23)16-7-5-4-6-8-16/h4-10,14-15,17H,11-13H2,1-3H3/t15-,17-/m0/s1. The molecule has 5 heteroatoms. The van der Waals surface area contributed by atoms with E-state index in [1.54, 1.807) is 6.07 Å². The van der Waals surface area contributed by atoms with E-state index >= 15 is 0 Å². The van der Waals surface area contributed by atoms with Crippen molar-refractivity contribution < 1.29 is 4.79 Å². The van der Waals surface area contributed by atoms with E-state index in [2.05, 4.69) is 12.0 Å². The number of carbonyl (C=O) groups excluding carboxylic acids is 1. The highest BCUT2D eigenvalue weighted by molar-refractivity contribution is 5.76. The Morgan fingerprint density at radius 1 is 1.24 bits per heavy atom. The molecule has 132 valence electrons. The number of nitrogens with zero attached hydrogens (tertiary/aromatic N) is 3. The topological polar surface area (TPSA) is 55.2 Å². The van der Waals surface area contributed by atoms with Gasteiger partial charge in [0.2, 0.25) is 5.91 Å². The largest absolute Gasteiger partial charge is 0.338 e. The molecule has 1 saturated carbocycles. The molecular weight excluding hydrogens is 314 g/mol. The maximum Gasteiger partial charge on any atom is 0.267 e. The zero-order valence-electron chi connectivity index (χ0n) is 15.1. The molecule has 0 aliphatic heterocycles. The second kappa shape index (κ2) is 7.21. The van der Waals surface area contributed by atoms with Gasteiger partial charge in [-0.15, -0.1) is 0 Å². The van der Waals surface area contributed by atoms with Gasteiger partial charge in [0.25, 0.3) is 5.56 Å². The lowest BCUT2D eigenvalue weighted by Gasteiger charge is -2.27. The zero-order valence-corrected chi connectivity index (χ0v) is 15.1. The summed E-state index contributed by atoms with van der Waals surface area (Å²) in [6.07, 6.45) is 1.18. The first-order chi connectivity index (χ1) is 12.0. The molecule has 0 N–H and O–H groups in total. The molecule has 1 fully saturated rings. The van der Waals surface area contributed by atoms with Crippen LogP contribution >= 0.6 is 0 Å². The van der Waals surface area contributed by atoms with Crippen LogP contribution in [0.4, 0.5) is 0 Å². The number of amides is 1. The molecule has 0 unspecified atom stereocenters. The summed E-state index contributed by atoms with van der Waals surface area (Å²) in [6.45, 7) is 7.00. The Morgan fingerprint density at radius 3 is 2.52 bits per heavy atom. The number of aromatic nitrogens is 2. The first-order valence-corrected chi connectivity index (χ1v) is 8.88. The summed E-state index contributed by atoms with van der Waals surface area (Å²) >= 11 is 0. The predicted molar refractivity (Wildman–Crippen MR) is 98.1 cm³/mol. The van der Waals surface area contributed by atoms with E-state index in [1.807, 2.05) is 49.1 Å². The van der Waals surface area contributed by atoms with Gasteiger partial charge in [-0.1, -0.05) is 37.3 Å². The summed E-state index contributed by atoms with van der Waals surface area (Å²) in [5.41, 5.74) is 1.37. The van der Waals surface area contributed by atoms with Crippen molar-refractivity contribution in [3.8, 4) is 11.3 Å². The number of hydrogen-bond acceptors (Lipinski definition) is 3. The molecule has 0 bridgehead atoms. The summed E-state index contributed by atoms with van der Waals surface area (Å²) in [6, 6.07) is 13.0. The van der Waals surface area contributed by atoms with E-state index in [1.165, 1.54) is 17.2 Å². The molecule has 1 aliphatic carbocycles. The van der Waals surface area contributed by atoms with Gasteiger partial charge in [-0.3, -0.25) is 9.59 Å². The Morgan fingerprint density at radius 2 is 1.92 bits per heavy atom. The number of benzene rings is 1. The van der Waals surface area contributed by atoms with Crippen LogP contribution in [0.15, 0.2) is 47.3 Å². The third-order valence-corrected chi connectivity index (χ3v) is 4.87. The van der Waals surface area contributed by atoms with Gasteiger partial charge < -0.3 is 4.90 Å². The van der Waals surface area contributed by atoms with Crippen LogP contribution in [0.1, 0.15) is 27.2 Å².